The zero-order valence-corrected chi connectivity index (χ0v) is 38.3. The van der Waals surface area contributed by atoms with Crippen LogP contribution in [0.1, 0.15) is 272 Å². The number of hydrogen-bond donors (Lipinski definition) is 0. The fourth-order valence-electron chi connectivity index (χ4n) is 7.43. The zero-order chi connectivity index (χ0) is 41.2. The first-order chi connectivity index (χ1) is 27.3. The molecular weight excluding hydrogens is 697 g/mol. The number of rotatable bonds is 44. The fraction of sp³-hybridized carbons (Fsp3) is 0.940. The Hall–Kier alpha value is -1.59. The number of esters is 3. The number of carbonyl (C=O) groups is 3. The third-order valence-corrected chi connectivity index (χ3v) is 11.6. The van der Waals surface area contributed by atoms with Crippen LogP contribution >= 0.6 is 0 Å². The lowest BCUT2D eigenvalue weighted by molar-refractivity contribution is -0.167. The minimum Gasteiger partial charge on any atom is -0.462 e. The van der Waals surface area contributed by atoms with E-state index in [0.29, 0.717) is 19.3 Å². The molecule has 0 aliphatic rings. The zero-order valence-electron chi connectivity index (χ0n) is 38.3. The Kier molecular flexibility index (Phi) is 41.8. The topological polar surface area (TPSA) is 78.9 Å². The average Bonchev–Trinajstić information content (AvgIpc) is 3.18. The third-order valence-electron chi connectivity index (χ3n) is 11.6. The van der Waals surface area contributed by atoms with E-state index in [1.165, 1.54) is 154 Å². The van der Waals surface area contributed by atoms with Crippen molar-refractivity contribution < 1.29 is 28.6 Å². The van der Waals surface area contributed by atoms with Gasteiger partial charge in [-0.1, -0.05) is 234 Å². The first-order valence-electron chi connectivity index (χ1n) is 24.8. The summed E-state index contributed by atoms with van der Waals surface area (Å²) < 4.78 is 16.6. The molecule has 0 amide bonds. The summed E-state index contributed by atoms with van der Waals surface area (Å²) in [5.74, 6) is 0.835. The number of ether oxygens (including phenoxy) is 3. The number of carbonyl (C=O) groups excluding carboxylic acids is 3. The van der Waals surface area contributed by atoms with E-state index in [1.807, 2.05) is 0 Å². The van der Waals surface area contributed by atoms with Crippen LogP contribution in [0.15, 0.2) is 0 Å². The van der Waals surface area contributed by atoms with Crippen LogP contribution in [0.3, 0.4) is 0 Å². The van der Waals surface area contributed by atoms with Crippen molar-refractivity contribution in [2.75, 3.05) is 13.2 Å². The maximum atomic E-state index is 12.7. The highest BCUT2D eigenvalue weighted by Gasteiger charge is 2.19. The summed E-state index contributed by atoms with van der Waals surface area (Å²) in [4.78, 5) is 37.5. The lowest BCUT2D eigenvalue weighted by Gasteiger charge is -2.18. The van der Waals surface area contributed by atoms with Crippen LogP contribution in [-0.4, -0.2) is 37.2 Å². The first kappa shape index (κ1) is 54.4. The predicted molar refractivity (Wildman–Crippen MR) is 238 cm³/mol. The molecule has 0 saturated heterocycles. The molecule has 0 aromatic rings. The van der Waals surface area contributed by atoms with E-state index in [4.69, 9.17) is 14.2 Å². The molecule has 6 heteroatoms. The van der Waals surface area contributed by atoms with E-state index < -0.39 is 6.10 Å². The van der Waals surface area contributed by atoms with E-state index in [9.17, 15) is 14.4 Å². The summed E-state index contributed by atoms with van der Waals surface area (Å²) in [6.45, 7) is 11.3. The molecule has 0 rings (SSSR count). The van der Waals surface area contributed by atoms with Gasteiger partial charge in [0.2, 0.25) is 0 Å². The molecule has 0 aromatic heterocycles. The summed E-state index contributed by atoms with van der Waals surface area (Å²) in [5.41, 5.74) is 0. The van der Waals surface area contributed by atoms with Crippen LogP contribution < -0.4 is 0 Å². The van der Waals surface area contributed by atoms with E-state index in [0.717, 1.165) is 76.0 Å². The lowest BCUT2D eigenvalue weighted by atomic mass is 9.99. The molecule has 0 spiro atoms. The highest BCUT2D eigenvalue weighted by molar-refractivity contribution is 5.71. The second-order valence-corrected chi connectivity index (χ2v) is 17.8. The molecule has 1 unspecified atom stereocenters. The van der Waals surface area contributed by atoms with E-state index in [1.54, 1.807) is 0 Å². The van der Waals surface area contributed by atoms with Crippen LogP contribution in [-0.2, 0) is 28.6 Å². The number of unbranched alkanes of at least 4 members (excludes halogenated alkanes) is 28. The van der Waals surface area contributed by atoms with Crippen molar-refractivity contribution >= 4 is 17.9 Å². The molecule has 0 aliphatic heterocycles. The molecule has 0 saturated carbocycles. The summed E-state index contributed by atoms with van der Waals surface area (Å²) >= 11 is 0. The van der Waals surface area contributed by atoms with Gasteiger partial charge in [-0.15, -0.1) is 0 Å². The minimum absolute atomic E-state index is 0.0656. The SMILES string of the molecule is CCCCCCCC(=O)OC[C@@H](COC(=O)CCCCCCCCCCCCCCCCCCCCC(C)CC)OC(=O)CCCCCCCCCCC(C)C. The summed E-state index contributed by atoms with van der Waals surface area (Å²) in [6, 6.07) is 0. The van der Waals surface area contributed by atoms with Crippen molar-refractivity contribution in [3.8, 4) is 0 Å². The van der Waals surface area contributed by atoms with Gasteiger partial charge in [0.15, 0.2) is 6.10 Å². The van der Waals surface area contributed by atoms with E-state index >= 15 is 0 Å². The maximum Gasteiger partial charge on any atom is 0.306 e. The molecule has 0 bridgehead atoms. The van der Waals surface area contributed by atoms with Crippen LogP contribution in [0.25, 0.3) is 0 Å². The quantitative estimate of drug-likeness (QED) is 0.0347. The molecule has 0 aromatic carbocycles. The Morgan fingerprint density at radius 2 is 0.679 bits per heavy atom. The standard InChI is InChI=1S/C50H96O6/c1-6-8-9-28-35-40-48(51)54-43-47(56-50(53)42-37-32-27-23-22-24-29-33-38-45(3)4)44-55-49(52)41-36-31-26-21-19-17-15-13-11-10-12-14-16-18-20-25-30-34-39-46(5)7-2/h45-47H,6-44H2,1-5H3/t46?,47-/m0/s1. The second kappa shape index (κ2) is 43.0. The van der Waals surface area contributed by atoms with Gasteiger partial charge in [0, 0.05) is 19.3 Å². The molecule has 332 valence electrons. The van der Waals surface area contributed by atoms with Crippen LogP contribution in [0.4, 0.5) is 0 Å². The first-order valence-corrected chi connectivity index (χ1v) is 24.8. The van der Waals surface area contributed by atoms with Gasteiger partial charge in [-0.2, -0.15) is 0 Å². The normalized spacial score (nSPS) is 12.5. The van der Waals surface area contributed by atoms with Crippen molar-refractivity contribution in [3.05, 3.63) is 0 Å². The summed E-state index contributed by atoms with van der Waals surface area (Å²) in [5, 5.41) is 0. The molecule has 0 heterocycles. The monoisotopic (exact) mass is 793 g/mol. The Bertz CT molecular complexity index is 856. The van der Waals surface area contributed by atoms with E-state index in [2.05, 4.69) is 34.6 Å². The van der Waals surface area contributed by atoms with Crippen molar-refractivity contribution in [3.63, 3.8) is 0 Å². The third kappa shape index (κ3) is 42.0. The molecule has 0 N–H and O–H groups in total. The van der Waals surface area contributed by atoms with Crippen LogP contribution in [0.2, 0.25) is 0 Å². The van der Waals surface area contributed by atoms with Crippen molar-refractivity contribution in [1.82, 2.24) is 0 Å². The Balaban J connectivity index is 4.03. The average molecular weight is 793 g/mol. The van der Waals surface area contributed by atoms with Gasteiger partial charge in [-0.05, 0) is 31.1 Å². The van der Waals surface area contributed by atoms with Gasteiger partial charge in [-0.3, -0.25) is 14.4 Å². The Morgan fingerprint density at radius 1 is 0.375 bits per heavy atom. The predicted octanol–water partition coefficient (Wildman–Crippen LogP) is 15.8. The largest absolute Gasteiger partial charge is 0.462 e. The van der Waals surface area contributed by atoms with E-state index in [-0.39, 0.29) is 31.1 Å². The minimum atomic E-state index is -0.759. The molecule has 0 fully saturated rings. The summed E-state index contributed by atoms with van der Waals surface area (Å²) in [7, 11) is 0. The smallest absolute Gasteiger partial charge is 0.306 e. The van der Waals surface area contributed by atoms with Gasteiger partial charge in [-0.25, -0.2) is 0 Å². The van der Waals surface area contributed by atoms with Crippen LogP contribution in [0.5, 0.6) is 0 Å². The Labute approximate surface area is 348 Å². The van der Waals surface area contributed by atoms with Gasteiger partial charge < -0.3 is 14.2 Å². The number of hydrogen-bond acceptors (Lipinski definition) is 6. The molecular formula is C50H96O6. The molecule has 0 aliphatic carbocycles. The second-order valence-electron chi connectivity index (χ2n) is 17.8. The highest BCUT2D eigenvalue weighted by atomic mass is 16.6. The van der Waals surface area contributed by atoms with Gasteiger partial charge in [0.05, 0.1) is 0 Å². The van der Waals surface area contributed by atoms with Gasteiger partial charge >= 0.3 is 17.9 Å². The maximum absolute atomic E-state index is 12.7. The van der Waals surface area contributed by atoms with Crippen molar-refractivity contribution in [2.45, 2.75) is 278 Å². The summed E-state index contributed by atoms with van der Waals surface area (Å²) in [6.07, 6.45) is 42.7. The fourth-order valence-corrected chi connectivity index (χ4v) is 7.43. The molecule has 2 atom stereocenters. The van der Waals surface area contributed by atoms with Crippen LogP contribution in [0, 0.1) is 11.8 Å². The molecule has 6 nitrogen and oxygen atoms in total. The molecule has 0 radical (unpaired) electrons. The van der Waals surface area contributed by atoms with Gasteiger partial charge in [0.1, 0.15) is 13.2 Å². The lowest BCUT2D eigenvalue weighted by Crippen LogP contribution is -2.30. The highest BCUT2D eigenvalue weighted by Crippen LogP contribution is 2.18. The Morgan fingerprint density at radius 3 is 1.02 bits per heavy atom. The van der Waals surface area contributed by atoms with Gasteiger partial charge in [0.25, 0.3) is 0 Å². The molecule has 56 heavy (non-hydrogen) atoms. The van der Waals surface area contributed by atoms with Crippen molar-refractivity contribution in [2.24, 2.45) is 11.8 Å². The van der Waals surface area contributed by atoms with Crippen molar-refractivity contribution in [1.29, 1.82) is 0 Å².